The van der Waals surface area contributed by atoms with E-state index in [4.69, 9.17) is 4.43 Å². The summed E-state index contributed by atoms with van der Waals surface area (Å²) < 4.78 is 6.01. The summed E-state index contributed by atoms with van der Waals surface area (Å²) in [5.74, 6) is 0.467. The highest BCUT2D eigenvalue weighted by atomic mass is 28.4. The predicted molar refractivity (Wildman–Crippen MR) is 62.5 cm³/mol. The second-order valence-electron chi connectivity index (χ2n) is 5.28. The highest BCUT2D eigenvalue weighted by Crippen LogP contribution is 2.36. The van der Waals surface area contributed by atoms with Gasteiger partial charge in [-0.25, -0.2) is 0 Å². The molecule has 0 aliphatic rings. The fraction of sp³-hybridized carbons (Fsp3) is 0.818. The normalized spacial score (nSPS) is 15.5. The van der Waals surface area contributed by atoms with Gasteiger partial charge in [-0.1, -0.05) is 33.8 Å². The van der Waals surface area contributed by atoms with Gasteiger partial charge in [-0.2, -0.15) is 0 Å². The van der Waals surface area contributed by atoms with E-state index < -0.39 is 8.32 Å². The number of rotatable bonds is 4. The molecule has 13 heavy (non-hydrogen) atoms. The van der Waals surface area contributed by atoms with Gasteiger partial charge in [0.05, 0.1) is 0 Å². The molecule has 2 heteroatoms. The van der Waals surface area contributed by atoms with Crippen LogP contribution in [-0.4, -0.2) is 14.9 Å². The van der Waals surface area contributed by atoms with Crippen molar-refractivity contribution in [2.45, 2.75) is 45.8 Å². The van der Waals surface area contributed by atoms with Crippen molar-refractivity contribution in [2.75, 3.05) is 6.61 Å². The highest BCUT2D eigenvalue weighted by Gasteiger charge is 2.37. The predicted octanol–water partition coefficient (Wildman–Crippen LogP) is 3.83. The van der Waals surface area contributed by atoms with Gasteiger partial charge in [0, 0.05) is 6.61 Å². The Bertz CT molecular complexity index is 167. The van der Waals surface area contributed by atoms with Crippen molar-refractivity contribution >= 4 is 8.32 Å². The van der Waals surface area contributed by atoms with E-state index in [1.54, 1.807) is 0 Å². The topological polar surface area (TPSA) is 9.23 Å². The Kier molecular flexibility index (Phi) is 4.40. The number of hydrogen-bond donors (Lipinski definition) is 0. The number of hydrogen-bond acceptors (Lipinski definition) is 1. The van der Waals surface area contributed by atoms with Crippen LogP contribution in [0.2, 0.25) is 18.1 Å². The molecule has 0 aromatic heterocycles. The Balaban J connectivity index is 4.11. The summed E-state index contributed by atoms with van der Waals surface area (Å²) in [4.78, 5) is 0. The third kappa shape index (κ3) is 4.10. The van der Waals surface area contributed by atoms with Crippen molar-refractivity contribution in [2.24, 2.45) is 5.92 Å². The van der Waals surface area contributed by atoms with Gasteiger partial charge in [0.1, 0.15) is 0 Å². The van der Waals surface area contributed by atoms with E-state index in [1.807, 2.05) is 6.08 Å². The van der Waals surface area contributed by atoms with Gasteiger partial charge < -0.3 is 4.43 Å². The molecular weight excluding hydrogens is 176 g/mol. The molecule has 0 fully saturated rings. The van der Waals surface area contributed by atoms with Crippen LogP contribution in [0.3, 0.4) is 0 Å². The second-order valence-corrected chi connectivity index (χ2v) is 10.1. The van der Waals surface area contributed by atoms with Gasteiger partial charge in [0.15, 0.2) is 8.32 Å². The van der Waals surface area contributed by atoms with Crippen molar-refractivity contribution in [1.29, 1.82) is 0 Å². The van der Waals surface area contributed by atoms with Crippen LogP contribution in [0, 0.1) is 5.92 Å². The monoisotopic (exact) mass is 200 g/mol. The molecule has 78 valence electrons. The third-order valence-electron chi connectivity index (χ3n) is 2.92. The van der Waals surface area contributed by atoms with Crippen molar-refractivity contribution in [1.82, 2.24) is 0 Å². The standard InChI is InChI=1S/C11H24OSi/c1-8-10(2)9-12-13(6,7)11(3,4)5/h8,10H,1,9H2,2-7H3/t10-/m0/s1. The highest BCUT2D eigenvalue weighted by molar-refractivity contribution is 6.74. The van der Waals surface area contributed by atoms with Crippen molar-refractivity contribution in [3.8, 4) is 0 Å². The zero-order valence-corrected chi connectivity index (χ0v) is 11.0. The lowest BCUT2D eigenvalue weighted by molar-refractivity contribution is 0.259. The van der Waals surface area contributed by atoms with Crippen LogP contribution in [0.15, 0.2) is 12.7 Å². The Morgan fingerprint density at radius 2 is 1.85 bits per heavy atom. The van der Waals surface area contributed by atoms with Crippen molar-refractivity contribution in [3.05, 3.63) is 12.7 Å². The van der Waals surface area contributed by atoms with Crippen LogP contribution in [0.5, 0.6) is 0 Å². The molecule has 0 rings (SSSR count). The van der Waals surface area contributed by atoms with E-state index in [0.29, 0.717) is 11.0 Å². The average molecular weight is 200 g/mol. The SMILES string of the molecule is C=C[C@H](C)CO[Si](C)(C)C(C)(C)C. The summed E-state index contributed by atoms with van der Waals surface area (Å²) in [6.07, 6.45) is 1.95. The summed E-state index contributed by atoms with van der Waals surface area (Å²) in [5, 5.41) is 0.313. The third-order valence-corrected chi connectivity index (χ3v) is 7.42. The molecule has 0 aliphatic carbocycles. The van der Waals surface area contributed by atoms with Crippen molar-refractivity contribution < 1.29 is 4.43 Å². The molecule has 1 atom stereocenters. The molecule has 0 radical (unpaired) electrons. The van der Waals surface area contributed by atoms with Gasteiger partial charge in [0.25, 0.3) is 0 Å². The second kappa shape index (κ2) is 4.42. The first kappa shape index (κ1) is 12.9. The summed E-state index contributed by atoms with van der Waals surface area (Å²) >= 11 is 0. The molecule has 0 saturated carbocycles. The zero-order valence-electron chi connectivity index (χ0n) is 9.98. The molecule has 1 nitrogen and oxygen atoms in total. The van der Waals surface area contributed by atoms with Crippen LogP contribution in [-0.2, 0) is 4.43 Å². The molecule has 0 heterocycles. The fourth-order valence-corrected chi connectivity index (χ4v) is 1.74. The minimum atomic E-state index is -1.53. The van der Waals surface area contributed by atoms with E-state index in [1.165, 1.54) is 0 Å². The Hall–Kier alpha value is -0.0831. The first-order valence-electron chi connectivity index (χ1n) is 4.97. The van der Waals surface area contributed by atoms with E-state index in [0.717, 1.165) is 6.61 Å². The fourth-order valence-electron chi connectivity index (χ4n) is 0.624. The molecule has 0 spiro atoms. The lowest BCUT2D eigenvalue weighted by Crippen LogP contribution is -2.41. The summed E-state index contributed by atoms with van der Waals surface area (Å²) in [5.41, 5.74) is 0. The molecular formula is C11H24OSi. The van der Waals surface area contributed by atoms with Gasteiger partial charge >= 0.3 is 0 Å². The van der Waals surface area contributed by atoms with Crippen LogP contribution in [0.4, 0.5) is 0 Å². The van der Waals surface area contributed by atoms with E-state index in [9.17, 15) is 0 Å². The molecule has 0 aromatic rings. The Morgan fingerprint density at radius 1 is 1.38 bits per heavy atom. The molecule has 0 aliphatic heterocycles. The zero-order chi connectivity index (χ0) is 10.7. The first-order chi connectivity index (χ1) is 5.70. The van der Waals surface area contributed by atoms with Crippen molar-refractivity contribution in [3.63, 3.8) is 0 Å². The first-order valence-corrected chi connectivity index (χ1v) is 7.88. The largest absolute Gasteiger partial charge is 0.416 e. The van der Waals surface area contributed by atoms with E-state index in [2.05, 4.69) is 47.4 Å². The maximum Gasteiger partial charge on any atom is 0.192 e. The molecule has 0 amide bonds. The van der Waals surface area contributed by atoms with E-state index in [-0.39, 0.29) is 0 Å². The van der Waals surface area contributed by atoms with Crippen LogP contribution in [0.25, 0.3) is 0 Å². The maximum atomic E-state index is 6.01. The van der Waals surface area contributed by atoms with Gasteiger partial charge in [0.2, 0.25) is 0 Å². The quantitative estimate of drug-likeness (QED) is 0.495. The minimum absolute atomic E-state index is 0.313. The lowest BCUT2D eigenvalue weighted by Gasteiger charge is -2.36. The summed E-state index contributed by atoms with van der Waals surface area (Å²) in [6.45, 7) is 18.1. The van der Waals surface area contributed by atoms with Crippen LogP contribution in [0.1, 0.15) is 27.7 Å². The van der Waals surface area contributed by atoms with Crippen LogP contribution >= 0.6 is 0 Å². The molecule has 0 aromatic carbocycles. The minimum Gasteiger partial charge on any atom is -0.416 e. The van der Waals surface area contributed by atoms with Crippen LogP contribution < -0.4 is 0 Å². The molecule has 0 saturated heterocycles. The summed E-state index contributed by atoms with van der Waals surface area (Å²) in [7, 11) is -1.53. The van der Waals surface area contributed by atoms with Gasteiger partial charge in [-0.3, -0.25) is 0 Å². The molecule has 0 unspecified atom stereocenters. The van der Waals surface area contributed by atoms with Gasteiger partial charge in [-0.05, 0) is 24.1 Å². The van der Waals surface area contributed by atoms with E-state index >= 15 is 0 Å². The van der Waals surface area contributed by atoms with Gasteiger partial charge in [-0.15, -0.1) is 6.58 Å². The smallest absolute Gasteiger partial charge is 0.192 e. The summed E-state index contributed by atoms with van der Waals surface area (Å²) in [6, 6.07) is 0. The lowest BCUT2D eigenvalue weighted by atomic mass is 10.2. The Morgan fingerprint density at radius 3 is 2.15 bits per heavy atom. The maximum absolute atomic E-state index is 6.01. The average Bonchev–Trinajstić information content (AvgIpc) is 1.98. The molecule has 0 bridgehead atoms. The molecule has 0 N–H and O–H groups in total. The Labute approximate surface area is 84.3 Å².